The largest absolute Gasteiger partial charge is 2.00 e. The van der Waals surface area contributed by atoms with Crippen molar-refractivity contribution >= 4 is 34.0 Å². The number of H-pyrrole nitrogens is 4. The van der Waals surface area contributed by atoms with E-state index in [4.69, 9.17) is 72.8 Å². The molecule has 0 aromatic carbocycles. The molecule has 31 nitrogen and oxygen atoms in total. The smallest absolute Gasteiger partial charge is 0.412 e. The van der Waals surface area contributed by atoms with Gasteiger partial charge >= 0.3 is 21.1 Å². The van der Waals surface area contributed by atoms with E-state index in [1.54, 1.807) is 62.2 Å². The summed E-state index contributed by atoms with van der Waals surface area (Å²) in [7, 11) is 0. The Morgan fingerprint density at radius 1 is 0.500 bits per heavy atom. The molecule has 6 rings (SSSR count). The summed E-state index contributed by atoms with van der Waals surface area (Å²) >= 11 is 0. The molecule has 0 saturated heterocycles. The normalized spacial score (nSPS) is 8.00. The van der Waals surface area contributed by atoms with Crippen molar-refractivity contribution in [2.75, 3.05) is 11.5 Å². The topological polar surface area (TPSA) is 511 Å². The second kappa shape index (κ2) is 31.3. The van der Waals surface area contributed by atoms with E-state index in [2.05, 4.69) is 59.8 Å². The fourth-order valence-corrected chi connectivity index (χ4v) is 2.14. The maximum Gasteiger partial charge on any atom is 2.00 e. The molecule has 6 aromatic heterocycles. The molecule has 0 radical (unpaired) electrons. The summed E-state index contributed by atoms with van der Waals surface area (Å²) in [5.74, 6) is 1.12. The van der Waals surface area contributed by atoms with E-state index in [1.807, 2.05) is 0 Å². The molecule has 0 bridgehead atoms. The predicted molar refractivity (Wildman–Crippen MR) is 159 cm³/mol. The average molecular weight is 894 g/mol. The van der Waals surface area contributed by atoms with Crippen LogP contribution in [0.2, 0.25) is 0 Å². The summed E-state index contributed by atoms with van der Waals surface area (Å²) in [6, 6.07) is 0. The van der Waals surface area contributed by atoms with Crippen molar-refractivity contribution in [3.63, 3.8) is 0 Å². The first-order valence-electron chi connectivity index (χ1n) is 11.2. The van der Waals surface area contributed by atoms with Crippen LogP contribution in [0, 0.1) is 61.3 Å². The molecule has 10 N–H and O–H groups in total. The van der Waals surface area contributed by atoms with Crippen LogP contribution in [0.1, 0.15) is 0 Å². The Bertz CT molecular complexity index is 1520. The van der Waals surface area contributed by atoms with Crippen molar-refractivity contribution in [1.29, 1.82) is 0 Å². The molecule has 6 heterocycles. The van der Waals surface area contributed by atoms with Gasteiger partial charge in [0.15, 0.2) is 11.0 Å². The standard InChI is InChI=1S/2C5H5N5.2C4H4N2.4NO3.H2O.Pt/c2*6-4-3-5(9-1-7-3)10-2-8-4;2*1-2-6-4-3-5-1;4*2-1(3)4;;/h2*1-2H,(H3,6,7,8,9,10);2*1-4H;;;;;1H2;/q;;;;4*-1;;+2/p+2. The number of rotatable bonds is 0. The first kappa shape index (κ1) is 49.2. The van der Waals surface area contributed by atoms with Gasteiger partial charge in [0.1, 0.15) is 0 Å². The number of fused-ring (bicyclic) bond motifs is 2. The van der Waals surface area contributed by atoms with Crippen LogP contribution in [-0.4, -0.2) is 75.7 Å². The van der Waals surface area contributed by atoms with Gasteiger partial charge in [0.25, 0.3) is 11.3 Å². The van der Waals surface area contributed by atoms with Crippen molar-refractivity contribution in [3.05, 3.63) is 136 Å². The van der Waals surface area contributed by atoms with Crippen LogP contribution in [0.15, 0.2) is 74.9 Å². The molecule has 6 aromatic rings. The van der Waals surface area contributed by atoms with Crippen LogP contribution in [0.5, 0.6) is 0 Å². The minimum absolute atomic E-state index is 0. The molecule has 0 saturated carbocycles. The molecule has 272 valence electrons. The number of imidazole rings is 2. The number of nitrogens with one attached hydrogen (secondary N) is 4. The van der Waals surface area contributed by atoms with Crippen molar-refractivity contribution in [2.24, 2.45) is 0 Å². The molecule has 0 aliphatic rings. The van der Waals surface area contributed by atoms with Gasteiger partial charge in [-0.05, 0) is 0 Å². The molecule has 0 unspecified atom stereocenters. The van der Waals surface area contributed by atoms with Gasteiger partial charge in [0.2, 0.25) is 24.3 Å². The minimum atomic E-state index is -1.75. The summed E-state index contributed by atoms with van der Waals surface area (Å²) in [6.45, 7) is 0. The van der Waals surface area contributed by atoms with Crippen LogP contribution in [-0.2, 0) is 21.1 Å². The monoisotopic (exact) mass is 893 g/mol. The first-order valence-corrected chi connectivity index (χ1v) is 11.2. The van der Waals surface area contributed by atoms with Crippen molar-refractivity contribution in [2.45, 2.75) is 0 Å². The number of nitrogens with zero attached hydrogens (tertiary/aromatic N) is 12. The molecule has 0 aliphatic heterocycles. The Morgan fingerprint density at radius 3 is 0.900 bits per heavy atom. The third kappa shape index (κ3) is 31.7. The predicted octanol–water partition coefficient (Wildman–Crippen LogP) is -2.12. The van der Waals surface area contributed by atoms with Crippen LogP contribution in [0.3, 0.4) is 0 Å². The van der Waals surface area contributed by atoms with Crippen molar-refractivity contribution in [1.82, 2.24) is 49.8 Å². The Morgan fingerprint density at radius 2 is 0.720 bits per heavy atom. The van der Waals surface area contributed by atoms with Gasteiger partial charge in [-0.15, -0.1) is 0 Å². The van der Waals surface area contributed by atoms with Gasteiger partial charge in [-0.3, -0.25) is 19.9 Å². The summed E-state index contributed by atoms with van der Waals surface area (Å²) in [6.07, 6.45) is 19.3. The van der Waals surface area contributed by atoms with E-state index in [0.29, 0.717) is 22.9 Å². The number of nitrogen functional groups attached to an aromatic ring is 2. The first-order chi connectivity index (χ1) is 22.7. The fourth-order valence-electron chi connectivity index (χ4n) is 2.14. The van der Waals surface area contributed by atoms with Gasteiger partial charge in [0, 0.05) is 49.6 Å². The molecule has 32 heteroatoms. The van der Waals surface area contributed by atoms with Crippen LogP contribution >= 0.6 is 0 Å². The summed E-state index contributed by atoms with van der Waals surface area (Å²) in [4.78, 5) is 74.8. The van der Waals surface area contributed by atoms with Gasteiger partial charge in [-0.25, -0.2) is 19.9 Å². The number of aromatic amines is 4. The number of hydrogen-bond donors (Lipinski definition) is 4. The molecule has 0 fully saturated rings. The Balaban J connectivity index is -0.000000249. The number of hydrogen-bond acceptors (Lipinski definition) is 22. The van der Waals surface area contributed by atoms with Crippen LogP contribution < -0.4 is 21.4 Å². The summed E-state index contributed by atoms with van der Waals surface area (Å²) in [5.41, 5.74) is 13.8. The number of nitrogens with two attached hydrogens (primary N) is 2. The van der Waals surface area contributed by atoms with Crippen LogP contribution in [0.4, 0.5) is 11.6 Å². The third-order valence-electron chi connectivity index (χ3n) is 3.55. The molecular weight excluding hydrogens is 871 g/mol. The van der Waals surface area contributed by atoms with Gasteiger partial charge in [-0.1, -0.05) is 9.97 Å². The SMILES string of the molecule is Nc1[nH+]cnc2nc[nH]c12.Nc1[nH+]cnc2nc[nH]c12.O.O=[N+]([O-])[O-].O=[N+]([O-])[O-].O=[N+]([O-])[O-].O=[N+]([O-])[O-].[Pt+2].c1cnccn1.c1cnccn1. The van der Waals surface area contributed by atoms with Gasteiger partial charge in [0.05, 0.1) is 33.0 Å². The van der Waals surface area contributed by atoms with Crippen molar-refractivity contribution in [3.8, 4) is 0 Å². The quantitative estimate of drug-likeness (QED) is 0.0935. The zero-order valence-electron chi connectivity index (χ0n) is 24.2. The molecule has 0 spiro atoms. The molecule has 0 atom stereocenters. The van der Waals surface area contributed by atoms with E-state index in [9.17, 15) is 0 Å². The third-order valence-corrected chi connectivity index (χ3v) is 3.55. The van der Waals surface area contributed by atoms with E-state index < -0.39 is 20.3 Å². The second-order valence-electron chi connectivity index (χ2n) is 6.52. The fraction of sp³-hybridized carbons (Fsp3) is 0. The van der Waals surface area contributed by atoms with E-state index in [-0.39, 0.29) is 26.5 Å². The zero-order valence-corrected chi connectivity index (χ0v) is 26.4. The van der Waals surface area contributed by atoms with E-state index in [0.717, 1.165) is 11.0 Å². The Kier molecular flexibility index (Phi) is 30.8. The van der Waals surface area contributed by atoms with E-state index >= 15 is 0 Å². The maximum absolute atomic E-state index is 8.25. The van der Waals surface area contributed by atoms with Crippen molar-refractivity contribution < 1.29 is 56.9 Å². The summed E-state index contributed by atoms with van der Waals surface area (Å²) < 4.78 is 0. The number of anilines is 2. The number of aromatic nitrogens is 12. The second-order valence-corrected chi connectivity index (χ2v) is 6.52. The van der Waals surface area contributed by atoms with Crippen LogP contribution in [0.25, 0.3) is 22.3 Å². The molecule has 50 heavy (non-hydrogen) atoms. The zero-order chi connectivity index (χ0) is 36.7. The van der Waals surface area contributed by atoms with Gasteiger partial charge in [-0.2, -0.15) is 0 Å². The minimum Gasteiger partial charge on any atom is -0.412 e. The van der Waals surface area contributed by atoms with E-state index in [1.165, 1.54) is 12.7 Å². The maximum atomic E-state index is 8.25. The Labute approximate surface area is 288 Å². The molecule has 0 amide bonds. The Hall–Kier alpha value is -7.69. The molecular formula is C18H22N18O13Pt. The van der Waals surface area contributed by atoms with Gasteiger partial charge < -0.3 is 88.2 Å². The molecule has 0 aliphatic carbocycles. The average Bonchev–Trinajstić information content (AvgIpc) is 3.71. The summed E-state index contributed by atoms with van der Waals surface area (Å²) in [5, 5.41) is 59.0.